The number of ether oxygens (including phenoxy) is 2. The Labute approximate surface area is 93.8 Å². The van der Waals surface area contributed by atoms with Crippen LogP contribution in [0.2, 0.25) is 0 Å². The van der Waals surface area contributed by atoms with Crippen LogP contribution in [0.3, 0.4) is 0 Å². The van der Waals surface area contributed by atoms with Crippen molar-refractivity contribution in [3.63, 3.8) is 0 Å². The lowest BCUT2D eigenvalue weighted by molar-refractivity contribution is -0.147. The number of carbonyl (C=O) groups excluding carboxylic acids is 2. The molecule has 1 heterocycles. The molecule has 0 aromatic rings. The van der Waals surface area contributed by atoms with Crippen LogP contribution in [-0.4, -0.2) is 30.8 Å². The third-order valence-corrected chi connectivity index (χ3v) is 3.20. The minimum atomic E-state index is -0.661. The van der Waals surface area contributed by atoms with E-state index in [1.807, 2.05) is 0 Å². The first-order valence-electron chi connectivity index (χ1n) is 5.38. The van der Waals surface area contributed by atoms with E-state index in [1.165, 1.54) is 0 Å². The fourth-order valence-corrected chi connectivity index (χ4v) is 2.32. The summed E-state index contributed by atoms with van der Waals surface area (Å²) in [6.07, 6.45) is 3.65. The number of carbonyl (C=O) groups is 2. The summed E-state index contributed by atoms with van der Waals surface area (Å²) in [5.74, 6) is -0.208. The third kappa shape index (κ3) is 1.95. The summed E-state index contributed by atoms with van der Waals surface area (Å²) in [5.41, 5.74) is -0.661. The fourth-order valence-electron chi connectivity index (χ4n) is 2.32. The smallest absolute Gasteiger partial charge is 0.331 e. The maximum atomic E-state index is 11.8. The Morgan fingerprint density at radius 2 is 2.44 bits per heavy atom. The van der Waals surface area contributed by atoms with Crippen LogP contribution in [0.25, 0.3) is 0 Å². The van der Waals surface area contributed by atoms with Gasteiger partial charge < -0.3 is 14.8 Å². The highest BCUT2D eigenvalue weighted by Gasteiger charge is 2.51. The Balaban J connectivity index is 1.80. The lowest BCUT2D eigenvalue weighted by Gasteiger charge is -2.25. The third-order valence-electron chi connectivity index (χ3n) is 3.20. The molecule has 2 aliphatic rings. The van der Waals surface area contributed by atoms with Gasteiger partial charge in [-0.15, -0.1) is 0 Å². The van der Waals surface area contributed by atoms with Gasteiger partial charge in [0, 0.05) is 6.08 Å². The van der Waals surface area contributed by atoms with Gasteiger partial charge >= 0.3 is 5.97 Å². The van der Waals surface area contributed by atoms with Crippen molar-refractivity contribution in [2.24, 2.45) is 5.92 Å². The van der Waals surface area contributed by atoms with Crippen molar-refractivity contribution in [1.82, 2.24) is 5.32 Å². The van der Waals surface area contributed by atoms with Gasteiger partial charge in [0.15, 0.2) is 6.73 Å². The molecular weight excluding hydrogens is 210 g/mol. The van der Waals surface area contributed by atoms with Gasteiger partial charge in [0.25, 0.3) is 5.91 Å². The molecule has 88 valence electrons. The molecule has 0 spiro atoms. The largest absolute Gasteiger partial charge is 0.441 e. The molecule has 1 aliphatic carbocycles. The Kier molecular flexibility index (Phi) is 2.96. The molecule has 1 saturated carbocycles. The van der Waals surface area contributed by atoms with Crippen LogP contribution in [0.4, 0.5) is 0 Å². The quantitative estimate of drug-likeness (QED) is 0.426. The van der Waals surface area contributed by atoms with E-state index in [0.717, 1.165) is 25.3 Å². The molecule has 0 aromatic heterocycles. The Hall–Kier alpha value is -1.36. The molecule has 5 nitrogen and oxygen atoms in total. The van der Waals surface area contributed by atoms with E-state index in [1.54, 1.807) is 0 Å². The molecule has 2 rings (SSSR count). The van der Waals surface area contributed by atoms with Crippen LogP contribution in [-0.2, 0) is 19.1 Å². The van der Waals surface area contributed by atoms with Crippen molar-refractivity contribution in [1.29, 1.82) is 0 Å². The predicted octanol–water partition coefficient (Wildman–Crippen LogP) is 0.358. The van der Waals surface area contributed by atoms with Gasteiger partial charge in [0.2, 0.25) is 0 Å². The Morgan fingerprint density at radius 3 is 2.94 bits per heavy atom. The Morgan fingerprint density at radius 1 is 1.62 bits per heavy atom. The molecule has 16 heavy (non-hydrogen) atoms. The summed E-state index contributed by atoms with van der Waals surface area (Å²) in [4.78, 5) is 22.6. The first kappa shape index (κ1) is 11.1. The summed E-state index contributed by atoms with van der Waals surface area (Å²) in [6.45, 7) is 3.80. The number of esters is 1. The second-order valence-electron chi connectivity index (χ2n) is 4.23. The van der Waals surface area contributed by atoms with Gasteiger partial charge in [-0.1, -0.05) is 6.58 Å². The highest BCUT2D eigenvalue weighted by molar-refractivity contribution is 5.86. The van der Waals surface area contributed by atoms with Crippen molar-refractivity contribution < 1.29 is 19.1 Å². The average molecular weight is 225 g/mol. The van der Waals surface area contributed by atoms with E-state index < -0.39 is 11.6 Å². The summed E-state index contributed by atoms with van der Waals surface area (Å²) >= 11 is 0. The van der Waals surface area contributed by atoms with Crippen molar-refractivity contribution >= 4 is 11.9 Å². The van der Waals surface area contributed by atoms with Gasteiger partial charge in [0.1, 0.15) is 5.60 Å². The van der Waals surface area contributed by atoms with E-state index in [9.17, 15) is 9.59 Å². The first-order valence-corrected chi connectivity index (χ1v) is 5.38. The second-order valence-corrected chi connectivity index (χ2v) is 4.23. The number of rotatable bonds is 4. The standard InChI is InChI=1S/C11H15NO4/c1-2-9(13)15-7-12-10(14)11-4-3-8(5-11)6-16-11/h2,8H,1,3-7H2,(H,12,14). The summed E-state index contributed by atoms with van der Waals surface area (Å²) in [7, 11) is 0. The number of nitrogens with one attached hydrogen (secondary N) is 1. The number of hydrogen-bond acceptors (Lipinski definition) is 4. The normalized spacial score (nSPS) is 31.1. The second kappa shape index (κ2) is 4.25. The maximum absolute atomic E-state index is 11.8. The van der Waals surface area contributed by atoms with E-state index in [4.69, 9.17) is 4.74 Å². The molecule has 2 atom stereocenters. The molecule has 1 N–H and O–H groups in total. The minimum Gasteiger partial charge on any atom is -0.441 e. The average Bonchev–Trinajstić information content (AvgIpc) is 2.89. The van der Waals surface area contributed by atoms with Crippen LogP contribution < -0.4 is 5.32 Å². The molecule has 5 heteroatoms. The van der Waals surface area contributed by atoms with Gasteiger partial charge in [-0.25, -0.2) is 4.79 Å². The highest BCUT2D eigenvalue weighted by atomic mass is 16.5. The van der Waals surface area contributed by atoms with Crippen molar-refractivity contribution in [3.05, 3.63) is 12.7 Å². The first-order chi connectivity index (χ1) is 7.66. The van der Waals surface area contributed by atoms with Crippen molar-refractivity contribution in [2.45, 2.75) is 24.9 Å². The molecule has 1 amide bonds. The minimum absolute atomic E-state index is 0.126. The fraction of sp³-hybridized carbons (Fsp3) is 0.636. The summed E-state index contributed by atoms with van der Waals surface area (Å²) in [5, 5.41) is 2.55. The Bertz CT molecular complexity index is 318. The van der Waals surface area contributed by atoms with Crippen LogP contribution in [0.5, 0.6) is 0 Å². The maximum Gasteiger partial charge on any atom is 0.331 e. The summed E-state index contributed by atoms with van der Waals surface area (Å²) in [6, 6.07) is 0. The molecule has 2 fully saturated rings. The zero-order valence-electron chi connectivity index (χ0n) is 9.03. The zero-order valence-corrected chi connectivity index (χ0v) is 9.03. The van der Waals surface area contributed by atoms with E-state index in [0.29, 0.717) is 12.5 Å². The van der Waals surface area contributed by atoms with Crippen molar-refractivity contribution in [2.75, 3.05) is 13.3 Å². The van der Waals surface area contributed by atoms with Crippen LogP contribution in [0.15, 0.2) is 12.7 Å². The molecule has 0 radical (unpaired) electrons. The molecule has 1 aliphatic heterocycles. The molecule has 1 saturated heterocycles. The molecule has 0 aromatic carbocycles. The van der Waals surface area contributed by atoms with Gasteiger partial charge in [0.05, 0.1) is 6.61 Å². The predicted molar refractivity (Wildman–Crippen MR) is 55.3 cm³/mol. The van der Waals surface area contributed by atoms with Crippen LogP contribution in [0, 0.1) is 5.92 Å². The molecule has 2 unspecified atom stereocenters. The lowest BCUT2D eigenvalue weighted by atomic mass is 10.0. The van der Waals surface area contributed by atoms with E-state index in [-0.39, 0.29) is 12.6 Å². The molecule has 2 bridgehead atoms. The zero-order chi connectivity index (χ0) is 11.6. The number of amides is 1. The SMILES string of the molecule is C=CC(=O)OCNC(=O)C12CCC(CO1)C2. The molecular formula is C11H15NO4. The van der Waals surface area contributed by atoms with Gasteiger partial charge in [-0.2, -0.15) is 0 Å². The van der Waals surface area contributed by atoms with E-state index in [2.05, 4.69) is 16.6 Å². The summed E-state index contributed by atoms with van der Waals surface area (Å²) < 4.78 is 10.2. The van der Waals surface area contributed by atoms with Crippen molar-refractivity contribution in [3.8, 4) is 0 Å². The lowest BCUT2D eigenvalue weighted by Crippen LogP contribution is -2.46. The van der Waals surface area contributed by atoms with E-state index >= 15 is 0 Å². The van der Waals surface area contributed by atoms with Crippen LogP contribution in [0.1, 0.15) is 19.3 Å². The van der Waals surface area contributed by atoms with Gasteiger partial charge in [-0.3, -0.25) is 4.79 Å². The topological polar surface area (TPSA) is 64.6 Å². The monoisotopic (exact) mass is 225 g/mol. The van der Waals surface area contributed by atoms with Gasteiger partial charge in [-0.05, 0) is 25.2 Å². The van der Waals surface area contributed by atoms with Crippen LogP contribution >= 0.6 is 0 Å². The highest BCUT2D eigenvalue weighted by Crippen LogP contribution is 2.44. The number of fused-ring (bicyclic) bond motifs is 2. The number of hydrogen-bond donors (Lipinski definition) is 1.